The fourth-order valence-electron chi connectivity index (χ4n) is 2.71. The molecule has 0 aliphatic carbocycles. The van der Waals surface area contributed by atoms with Gasteiger partial charge in [0.1, 0.15) is 5.75 Å². The first-order chi connectivity index (χ1) is 12.7. The van der Waals surface area contributed by atoms with Crippen LogP contribution in [0.5, 0.6) is 11.6 Å². The van der Waals surface area contributed by atoms with Crippen molar-refractivity contribution in [2.24, 2.45) is 0 Å². The molecule has 26 heavy (non-hydrogen) atoms. The number of nitrogens with zero attached hydrogens (tertiary/aromatic N) is 3. The molecule has 0 amide bonds. The van der Waals surface area contributed by atoms with Crippen LogP contribution in [0.25, 0.3) is 11.3 Å². The van der Waals surface area contributed by atoms with Crippen molar-refractivity contribution in [3.8, 4) is 22.9 Å². The van der Waals surface area contributed by atoms with Gasteiger partial charge >= 0.3 is 0 Å². The van der Waals surface area contributed by atoms with Crippen LogP contribution in [0.2, 0.25) is 0 Å². The van der Waals surface area contributed by atoms with Crippen molar-refractivity contribution in [1.82, 2.24) is 15.2 Å². The molecule has 0 radical (unpaired) electrons. The van der Waals surface area contributed by atoms with Crippen LogP contribution in [0.1, 0.15) is 11.8 Å². The zero-order valence-corrected chi connectivity index (χ0v) is 16.5. The third-order valence-electron chi connectivity index (χ3n) is 3.97. The number of thioether (sulfide) groups is 1. The van der Waals surface area contributed by atoms with Gasteiger partial charge < -0.3 is 14.8 Å². The lowest BCUT2D eigenvalue weighted by molar-refractivity contribution is 0.224. The molecular weight excluding hydrogens is 416 g/mol. The van der Waals surface area contributed by atoms with E-state index in [-0.39, 0.29) is 0 Å². The van der Waals surface area contributed by atoms with Crippen LogP contribution in [0, 0.1) is 0 Å². The zero-order valence-electron chi connectivity index (χ0n) is 14.1. The first-order valence-corrected chi connectivity index (χ1v) is 9.85. The smallest absolute Gasteiger partial charge is 0.247 e. The number of ether oxygens (including phenoxy) is 2. The highest BCUT2D eigenvalue weighted by atomic mass is 79.9. The van der Waals surface area contributed by atoms with E-state index in [9.17, 15) is 0 Å². The molecule has 0 fully saturated rings. The average Bonchev–Trinajstić information content (AvgIpc) is 2.84. The molecule has 0 bridgehead atoms. The lowest BCUT2D eigenvalue weighted by Gasteiger charge is -2.19. The maximum Gasteiger partial charge on any atom is 0.247 e. The molecule has 0 saturated heterocycles. The number of fused-ring (bicyclic) bond motifs is 3. The lowest BCUT2D eigenvalue weighted by atomic mass is 10.1. The summed E-state index contributed by atoms with van der Waals surface area (Å²) in [5.41, 5.74) is 3.31. The van der Waals surface area contributed by atoms with Crippen molar-refractivity contribution >= 4 is 33.4 Å². The maximum absolute atomic E-state index is 6.20. The van der Waals surface area contributed by atoms with Gasteiger partial charge in [0, 0.05) is 21.3 Å². The summed E-state index contributed by atoms with van der Waals surface area (Å²) in [6.45, 7) is 0. The van der Waals surface area contributed by atoms with Crippen molar-refractivity contribution in [2.45, 2.75) is 11.4 Å². The van der Waals surface area contributed by atoms with Crippen molar-refractivity contribution in [1.29, 1.82) is 0 Å². The summed E-state index contributed by atoms with van der Waals surface area (Å²) in [6, 6.07) is 13.7. The van der Waals surface area contributed by atoms with E-state index in [1.807, 2.05) is 48.7 Å². The van der Waals surface area contributed by atoms with E-state index in [4.69, 9.17) is 9.47 Å². The fourth-order valence-corrected chi connectivity index (χ4v) is 3.37. The number of anilines is 1. The standard InChI is InChI=1S/C18H15BrN4O2S/c1-24-12-5-3-4-10(8-12)16-20-14-7-6-11(19)9-13(14)15-17(25-16)21-18(26-2)23-22-15/h3-9,16,20H,1-2H3/t16-/m0/s1. The van der Waals surface area contributed by atoms with Gasteiger partial charge in [-0.3, -0.25) is 0 Å². The van der Waals surface area contributed by atoms with Crippen LogP contribution in [-0.4, -0.2) is 28.5 Å². The Morgan fingerprint density at radius 1 is 1.19 bits per heavy atom. The Kier molecular flexibility index (Phi) is 4.69. The zero-order chi connectivity index (χ0) is 18.1. The van der Waals surface area contributed by atoms with Crippen molar-refractivity contribution in [2.75, 3.05) is 18.7 Å². The Labute approximate surface area is 163 Å². The van der Waals surface area contributed by atoms with Crippen LogP contribution in [0.4, 0.5) is 5.69 Å². The van der Waals surface area contributed by atoms with Crippen LogP contribution in [-0.2, 0) is 0 Å². The predicted molar refractivity (Wildman–Crippen MR) is 105 cm³/mol. The molecule has 6 nitrogen and oxygen atoms in total. The summed E-state index contributed by atoms with van der Waals surface area (Å²) < 4.78 is 12.5. The van der Waals surface area contributed by atoms with Crippen molar-refractivity contribution in [3.05, 3.63) is 52.5 Å². The second kappa shape index (κ2) is 7.13. The molecule has 1 aliphatic rings. The third-order valence-corrected chi connectivity index (χ3v) is 5.00. The van der Waals surface area contributed by atoms with E-state index in [0.29, 0.717) is 16.7 Å². The lowest BCUT2D eigenvalue weighted by Crippen LogP contribution is -2.17. The molecule has 0 unspecified atom stereocenters. The Morgan fingerprint density at radius 3 is 2.88 bits per heavy atom. The normalized spacial score (nSPS) is 15.1. The molecule has 3 aromatic rings. The number of aromatic nitrogens is 3. The van der Waals surface area contributed by atoms with Gasteiger partial charge in [-0.1, -0.05) is 39.8 Å². The number of rotatable bonds is 3. The van der Waals surface area contributed by atoms with Gasteiger partial charge in [-0.05, 0) is 36.6 Å². The summed E-state index contributed by atoms with van der Waals surface area (Å²) in [5, 5.41) is 12.5. The van der Waals surface area contributed by atoms with E-state index >= 15 is 0 Å². The second-order valence-corrected chi connectivity index (χ2v) is 7.25. The largest absolute Gasteiger partial charge is 0.497 e. The van der Waals surface area contributed by atoms with Crippen LogP contribution in [0.15, 0.2) is 52.1 Å². The molecule has 0 spiro atoms. The topological polar surface area (TPSA) is 69.2 Å². The summed E-state index contributed by atoms with van der Waals surface area (Å²) >= 11 is 4.94. The van der Waals surface area contributed by atoms with Gasteiger partial charge in [-0.25, -0.2) is 0 Å². The monoisotopic (exact) mass is 430 g/mol. The Bertz CT molecular complexity index is 970. The number of nitrogens with one attached hydrogen (secondary N) is 1. The molecule has 2 aromatic carbocycles. The highest BCUT2D eigenvalue weighted by Gasteiger charge is 2.26. The number of methoxy groups -OCH3 is 1. The van der Waals surface area contributed by atoms with Crippen molar-refractivity contribution < 1.29 is 9.47 Å². The molecule has 1 aliphatic heterocycles. The van der Waals surface area contributed by atoms with Crippen LogP contribution >= 0.6 is 27.7 Å². The van der Waals surface area contributed by atoms with Crippen LogP contribution in [0.3, 0.4) is 0 Å². The van der Waals surface area contributed by atoms with Gasteiger partial charge in [0.05, 0.1) is 7.11 Å². The number of hydrogen-bond acceptors (Lipinski definition) is 7. The first-order valence-electron chi connectivity index (χ1n) is 7.83. The Balaban J connectivity index is 1.86. The highest BCUT2D eigenvalue weighted by Crippen LogP contribution is 2.40. The molecule has 4 rings (SSSR count). The Morgan fingerprint density at radius 2 is 2.08 bits per heavy atom. The molecule has 1 N–H and O–H groups in total. The van der Waals surface area contributed by atoms with E-state index in [2.05, 4.69) is 36.4 Å². The number of halogens is 1. The minimum Gasteiger partial charge on any atom is -0.497 e. The average molecular weight is 431 g/mol. The quantitative estimate of drug-likeness (QED) is 0.611. The SMILES string of the molecule is COc1cccc([C@H]2Nc3ccc(Br)cc3-c3nnc(SC)nc3O2)c1. The fraction of sp³-hybridized carbons (Fsp3) is 0.167. The molecule has 1 atom stereocenters. The van der Waals surface area contributed by atoms with E-state index in [0.717, 1.165) is 27.0 Å². The van der Waals surface area contributed by atoms with Gasteiger partial charge in [-0.2, -0.15) is 4.98 Å². The minimum absolute atomic E-state index is 0.433. The maximum atomic E-state index is 6.20. The van der Waals surface area contributed by atoms with Gasteiger partial charge in [0.15, 0.2) is 11.9 Å². The second-order valence-electron chi connectivity index (χ2n) is 5.56. The van der Waals surface area contributed by atoms with E-state index < -0.39 is 6.23 Å². The molecule has 0 saturated carbocycles. The third kappa shape index (κ3) is 3.22. The summed E-state index contributed by atoms with van der Waals surface area (Å²) in [6.07, 6.45) is 1.47. The highest BCUT2D eigenvalue weighted by molar-refractivity contribution is 9.10. The molecule has 1 aromatic heterocycles. The number of benzene rings is 2. The molecule has 2 heterocycles. The number of hydrogen-bond donors (Lipinski definition) is 1. The van der Waals surface area contributed by atoms with Gasteiger partial charge in [-0.15, -0.1) is 10.2 Å². The summed E-state index contributed by atoms with van der Waals surface area (Å²) in [7, 11) is 1.64. The summed E-state index contributed by atoms with van der Waals surface area (Å²) in [4.78, 5) is 4.52. The van der Waals surface area contributed by atoms with Crippen LogP contribution < -0.4 is 14.8 Å². The molecule has 132 valence electrons. The van der Waals surface area contributed by atoms with Gasteiger partial charge in [0.25, 0.3) is 0 Å². The van der Waals surface area contributed by atoms with E-state index in [1.54, 1.807) is 7.11 Å². The Hall–Kier alpha value is -2.32. The first kappa shape index (κ1) is 17.1. The molecule has 8 heteroatoms. The molecular formula is C18H15BrN4O2S. The minimum atomic E-state index is -0.433. The van der Waals surface area contributed by atoms with E-state index in [1.165, 1.54) is 11.8 Å². The van der Waals surface area contributed by atoms with Gasteiger partial charge in [0.2, 0.25) is 11.0 Å². The van der Waals surface area contributed by atoms with Crippen molar-refractivity contribution in [3.63, 3.8) is 0 Å². The summed E-state index contributed by atoms with van der Waals surface area (Å²) in [5.74, 6) is 1.21. The predicted octanol–water partition coefficient (Wildman–Crippen LogP) is 4.53.